The number of carbonyl (C=O) groups is 1. The molecule has 0 amide bonds. The number of rotatable bonds is 3. The second-order valence-electron chi connectivity index (χ2n) is 5.21. The Kier molecular flexibility index (Phi) is 5.11. The van der Waals surface area contributed by atoms with E-state index in [0.29, 0.717) is 0 Å². The van der Waals surface area contributed by atoms with Crippen molar-refractivity contribution in [1.29, 1.82) is 0 Å². The average Bonchev–Trinajstić information content (AvgIpc) is 2.45. The van der Waals surface area contributed by atoms with Crippen molar-refractivity contribution in [3.63, 3.8) is 0 Å². The minimum Gasteiger partial charge on any atom is -0.465 e. The van der Waals surface area contributed by atoms with Gasteiger partial charge in [-0.15, -0.1) is 0 Å². The molecule has 0 N–H and O–H groups in total. The second-order valence-corrected chi connectivity index (χ2v) is 7.55. The fourth-order valence-electron chi connectivity index (χ4n) is 2.45. The topological polar surface area (TPSA) is 72.9 Å². The van der Waals surface area contributed by atoms with Gasteiger partial charge in [0.05, 0.1) is 29.8 Å². The van der Waals surface area contributed by atoms with Crippen LogP contribution in [0.1, 0.15) is 24.2 Å². The Morgan fingerprint density at radius 1 is 1.32 bits per heavy atom. The summed E-state index contributed by atoms with van der Waals surface area (Å²) in [7, 11) is -2.67. The molecule has 0 spiro atoms. The minimum absolute atomic E-state index is 0.0290. The fraction of sp³-hybridized carbons (Fsp3) is 0.500. The average molecular weight is 348 g/mol. The van der Waals surface area contributed by atoms with Gasteiger partial charge in [0.15, 0.2) is 0 Å². The highest BCUT2D eigenvalue weighted by Crippen LogP contribution is 2.27. The third-order valence-corrected chi connectivity index (χ3v) is 5.46. The molecule has 1 aliphatic rings. The lowest BCUT2D eigenvalue weighted by atomic mass is 10.2. The maximum Gasteiger partial charge on any atom is 0.339 e. The number of nitrogens with zero attached hydrogens (tertiary/aromatic N) is 1. The van der Waals surface area contributed by atoms with Crippen molar-refractivity contribution < 1.29 is 22.7 Å². The number of morpholine rings is 1. The Labute approximate surface area is 135 Å². The van der Waals surface area contributed by atoms with Gasteiger partial charge in [-0.05, 0) is 32.0 Å². The van der Waals surface area contributed by atoms with Crippen molar-refractivity contribution in [2.24, 2.45) is 0 Å². The van der Waals surface area contributed by atoms with Crippen LogP contribution >= 0.6 is 11.6 Å². The van der Waals surface area contributed by atoms with E-state index in [9.17, 15) is 13.2 Å². The van der Waals surface area contributed by atoms with Gasteiger partial charge in [0.1, 0.15) is 0 Å². The summed E-state index contributed by atoms with van der Waals surface area (Å²) in [6, 6.07) is 4.08. The number of sulfonamides is 1. The normalized spacial score (nSPS) is 23.3. The number of hydrogen-bond donors (Lipinski definition) is 0. The van der Waals surface area contributed by atoms with Gasteiger partial charge in [0.25, 0.3) is 0 Å². The van der Waals surface area contributed by atoms with Crippen LogP contribution in [-0.4, -0.2) is 51.1 Å². The van der Waals surface area contributed by atoms with Crippen LogP contribution in [0.15, 0.2) is 23.1 Å². The van der Waals surface area contributed by atoms with Gasteiger partial charge in [-0.1, -0.05) is 11.6 Å². The molecule has 1 aromatic rings. The Morgan fingerprint density at radius 2 is 1.91 bits per heavy atom. The van der Waals surface area contributed by atoms with E-state index in [1.165, 1.54) is 29.6 Å². The maximum atomic E-state index is 12.9. The van der Waals surface area contributed by atoms with Crippen molar-refractivity contribution in [2.75, 3.05) is 20.2 Å². The Morgan fingerprint density at radius 3 is 2.45 bits per heavy atom. The Balaban J connectivity index is 2.49. The molecule has 0 aromatic heterocycles. The lowest BCUT2D eigenvalue weighted by Gasteiger charge is -2.34. The molecule has 0 aliphatic carbocycles. The van der Waals surface area contributed by atoms with E-state index in [-0.39, 0.29) is 40.8 Å². The third kappa shape index (κ3) is 3.43. The first-order valence-electron chi connectivity index (χ1n) is 6.79. The first kappa shape index (κ1) is 17.2. The molecule has 2 atom stereocenters. The summed E-state index contributed by atoms with van der Waals surface area (Å²) in [6.45, 7) is 4.05. The number of esters is 1. The lowest BCUT2D eigenvalue weighted by Crippen LogP contribution is -2.48. The smallest absolute Gasteiger partial charge is 0.339 e. The zero-order valence-corrected chi connectivity index (χ0v) is 14.1. The number of benzene rings is 1. The molecule has 22 heavy (non-hydrogen) atoms. The molecule has 0 radical (unpaired) electrons. The Bertz CT molecular complexity index is 666. The fourth-order valence-corrected chi connectivity index (χ4v) is 4.49. The predicted molar refractivity (Wildman–Crippen MR) is 81.6 cm³/mol. The van der Waals surface area contributed by atoms with Gasteiger partial charge in [0, 0.05) is 18.1 Å². The molecular weight excluding hydrogens is 330 g/mol. The van der Waals surface area contributed by atoms with Crippen LogP contribution in [0.4, 0.5) is 0 Å². The maximum absolute atomic E-state index is 12.9. The number of hydrogen-bond acceptors (Lipinski definition) is 5. The second kappa shape index (κ2) is 6.54. The molecule has 6 nitrogen and oxygen atoms in total. The van der Waals surface area contributed by atoms with Gasteiger partial charge in [-0.25, -0.2) is 13.2 Å². The SMILES string of the molecule is COC(=O)c1ccc(Cl)cc1S(=O)(=O)N1C[C@@H](C)O[C@@H](C)C1. The van der Waals surface area contributed by atoms with E-state index in [1.54, 1.807) is 13.8 Å². The molecule has 0 bridgehead atoms. The van der Waals surface area contributed by atoms with Gasteiger partial charge in [0.2, 0.25) is 10.0 Å². The molecule has 0 unspecified atom stereocenters. The highest BCUT2D eigenvalue weighted by atomic mass is 35.5. The highest BCUT2D eigenvalue weighted by molar-refractivity contribution is 7.89. The van der Waals surface area contributed by atoms with Crippen LogP contribution in [0.2, 0.25) is 5.02 Å². The predicted octanol–water partition coefficient (Wildman–Crippen LogP) is 1.92. The summed E-state index contributed by atoms with van der Waals surface area (Å²) in [5.41, 5.74) is -0.0290. The van der Waals surface area contributed by atoms with Crippen LogP contribution in [0, 0.1) is 0 Å². The quantitative estimate of drug-likeness (QED) is 0.781. The summed E-state index contributed by atoms with van der Waals surface area (Å²) in [4.78, 5) is 11.7. The molecule has 8 heteroatoms. The molecule has 122 valence electrons. The summed E-state index contributed by atoms with van der Waals surface area (Å²) in [5.74, 6) is -0.718. The van der Waals surface area contributed by atoms with Crippen LogP contribution in [-0.2, 0) is 19.5 Å². The highest BCUT2D eigenvalue weighted by Gasteiger charge is 2.34. The molecule has 1 fully saturated rings. The van der Waals surface area contributed by atoms with Crippen LogP contribution in [0.3, 0.4) is 0 Å². The van der Waals surface area contributed by atoms with Gasteiger partial charge < -0.3 is 9.47 Å². The van der Waals surface area contributed by atoms with E-state index in [2.05, 4.69) is 4.74 Å². The van der Waals surface area contributed by atoms with E-state index in [1.807, 2.05) is 0 Å². The number of ether oxygens (including phenoxy) is 2. The number of methoxy groups -OCH3 is 1. The van der Waals surface area contributed by atoms with E-state index in [0.717, 1.165) is 0 Å². The molecule has 1 heterocycles. The molecule has 1 aromatic carbocycles. The number of halogens is 1. The van der Waals surface area contributed by atoms with Crippen LogP contribution in [0.5, 0.6) is 0 Å². The van der Waals surface area contributed by atoms with Gasteiger partial charge >= 0.3 is 5.97 Å². The van der Waals surface area contributed by atoms with Gasteiger partial charge in [-0.3, -0.25) is 0 Å². The van der Waals surface area contributed by atoms with Crippen molar-refractivity contribution in [3.8, 4) is 0 Å². The third-order valence-electron chi connectivity index (χ3n) is 3.35. The zero-order valence-electron chi connectivity index (χ0n) is 12.6. The van der Waals surface area contributed by atoms with Crippen LogP contribution < -0.4 is 0 Å². The summed E-state index contributed by atoms with van der Waals surface area (Å²) < 4.78 is 37.3. The monoisotopic (exact) mass is 347 g/mol. The standard InChI is InChI=1S/C14H18ClNO5S/c1-9-7-16(8-10(2)21-9)22(18,19)13-6-11(15)4-5-12(13)14(17)20-3/h4-6,9-10H,7-8H2,1-3H3/t9-,10+. The van der Waals surface area contributed by atoms with E-state index < -0.39 is 16.0 Å². The lowest BCUT2D eigenvalue weighted by molar-refractivity contribution is -0.0440. The van der Waals surface area contributed by atoms with Crippen molar-refractivity contribution in [3.05, 3.63) is 28.8 Å². The first-order valence-corrected chi connectivity index (χ1v) is 8.61. The summed E-state index contributed by atoms with van der Waals surface area (Å²) in [6.07, 6.45) is -0.446. The minimum atomic E-state index is -3.87. The first-order chi connectivity index (χ1) is 10.3. The van der Waals surface area contributed by atoms with Crippen molar-refractivity contribution >= 4 is 27.6 Å². The van der Waals surface area contributed by atoms with Crippen LogP contribution in [0.25, 0.3) is 0 Å². The zero-order chi connectivity index (χ0) is 16.5. The van der Waals surface area contributed by atoms with Crippen molar-refractivity contribution in [2.45, 2.75) is 31.0 Å². The van der Waals surface area contributed by atoms with E-state index >= 15 is 0 Å². The Hall–Kier alpha value is -1.15. The molecule has 1 saturated heterocycles. The van der Waals surface area contributed by atoms with Gasteiger partial charge in [-0.2, -0.15) is 4.31 Å². The summed E-state index contributed by atoms with van der Waals surface area (Å²) in [5, 5.41) is 0.237. The molecule has 1 aliphatic heterocycles. The van der Waals surface area contributed by atoms with E-state index in [4.69, 9.17) is 16.3 Å². The molecular formula is C14H18ClNO5S. The summed E-state index contributed by atoms with van der Waals surface area (Å²) >= 11 is 5.91. The molecule has 0 saturated carbocycles. The number of carbonyl (C=O) groups excluding carboxylic acids is 1. The largest absolute Gasteiger partial charge is 0.465 e. The van der Waals surface area contributed by atoms with Crippen molar-refractivity contribution in [1.82, 2.24) is 4.31 Å². The molecule has 2 rings (SSSR count).